The summed E-state index contributed by atoms with van der Waals surface area (Å²) < 4.78 is 5.66. The number of piperidine rings is 1. The molecule has 0 bridgehead atoms. The molecule has 1 fully saturated rings. The van der Waals surface area contributed by atoms with Gasteiger partial charge >= 0.3 is 6.09 Å². The van der Waals surface area contributed by atoms with Crippen molar-refractivity contribution in [3.8, 4) is 6.07 Å². The second-order valence-corrected chi connectivity index (χ2v) is 11.9. The van der Waals surface area contributed by atoms with Crippen LogP contribution in [0.2, 0.25) is 0 Å². The molecule has 0 aromatic heterocycles. The number of amides is 2. The first-order valence-electron chi connectivity index (χ1n) is 13.7. The maximum absolute atomic E-state index is 14.0. The highest BCUT2D eigenvalue weighted by Crippen LogP contribution is 2.42. The summed E-state index contributed by atoms with van der Waals surface area (Å²) in [7, 11) is 1.85. The van der Waals surface area contributed by atoms with Crippen molar-refractivity contribution in [1.82, 2.24) is 9.80 Å². The summed E-state index contributed by atoms with van der Waals surface area (Å²) in [6, 6.07) is 23.9. The first kappa shape index (κ1) is 28.2. The lowest BCUT2D eigenvalue weighted by Crippen LogP contribution is -2.52. The van der Waals surface area contributed by atoms with Crippen LogP contribution >= 0.6 is 0 Å². The summed E-state index contributed by atoms with van der Waals surface area (Å²) in [6.07, 6.45) is 1.36. The Kier molecular flexibility index (Phi) is 8.02. The van der Waals surface area contributed by atoms with Gasteiger partial charge < -0.3 is 14.5 Å². The molecular weight excluding hydrogens is 486 g/mol. The molecule has 0 saturated carbocycles. The van der Waals surface area contributed by atoms with E-state index < -0.39 is 11.0 Å². The number of ether oxygens (including phenoxy) is 1. The molecule has 6 heteroatoms. The van der Waals surface area contributed by atoms with E-state index in [0.717, 1.165) is 21.9 Å². The molecule has 0 radical (unpaired) electrons. The molecule has 1 heterocycles. The molecule has 0 aliphatic carbocycles. The molecule has 1 saturated heterocycles. The molecule has 2 amide bonds. The summed E-state index contributed by atoms with van der Waals surface area (Å²) in [5.74, 6) is 0.0377. The molecule has 0 N–H and O–H groups in total. The number of fused-ring (bicyclic) bond motifs is 1. The van der Waals surface area contributed by atoms with Crippen molar-refractivity contribution < 1.29 is 14.3 Å². The number of hydrogen-bond acceptors (Lipinski definition) is 4. The zero-order valence-corrected chi connectivity index (χ0v) is 23.9. The lowest BCUT2D eigenvalue weighted by atomic mass is 9.68. The van der Waals surface area contributed by atoms with E-state index in [1.54, 1.807) is 9.80 Å². The van der Waals surface area contributed by atoms with E-state index in [1.807, 2.05) is 96.3 Å². The molecule has 204 valence electrons. The predicted octanol–water partition coefficient (Wildman–Crippen LogP) is 6.98. The third kappa shape index (κ3) is 6.09. The number of nitriles is 1. The van der Waals surface area contributed by atoms with Crippen LogP contribution in [0, 0.1) is 11.3 Å². The van der Waals surface area contributed by atoms with E-state index in [1.165, 1.54) is 0 Å². The number of rotatable bonds is 5. The first-order chi connectivity index (χ1) is 18.4. The van der Waals surface area contributed by atoms with Crippen molar-refractivity contribution in [1.29, 1.82) is 5.26 Å². The molecule has 0 spiro atoms. The first-order valence-corrected chi connectivity index (χ1v) is 13.7. The summed E-state index contributed by atoms with van der Waals surface area (Å²) in [5, 5.41) is 11.6. The van der Waals surface area contributed by atoms with E-state index in [4.69, 9.17) is 4.74 Å². The Morgan fingerprint density at radius 3 is 2.44 bits per heavy atom. The Morgan fingerprint density at radius 1 is 1.13 bits per heavy atom. The van der Waals surface area contributed by atoms with Gasteiger partial charge in [-0.3, -0.25) is 4.79 Å². The van der Waals surface area contributed by atoms with Crippen LogP contribution < -0.4 is 0 Å². The number of benzene rings is 3. The second kappa shape index (κ2) is 11.1. The summed E-state index contributed by atoms with van der Waals surface area (Å²) >= 11 is 0. The zero-order chi connectivity index (χ0) is 28.4. The third-order valence-corrected chi connectivity index (χ3v) is 8.00. The molecule has 1 aliphatic rings. The number of nitrogens with zero attached hydrogens (tertiary/aromatic N) is 3. The van der Waals surface area contributed by atoms with Crippen LogP contribution in [0.15, 0.2) is 66.7 Å². The number of carbonyl (C=O) groups excluding carboxylic acids is 2. The van der Waals surface area contributed by atoms with Gasteiger partial charge in [-0.05, 0) is 81.5 Å². The minimum Gasteiger partial charge on any atom is -0.444 e. The van der Waals surface area contributed by atoms with Crippen molar-refractivity contribution in [2.45, 2.75) is 77.0 Å². The Bertz CT molecular complexity index is 1390. The van der Waals surface area contributed by atoms with Gasteiger partial charge in [-0.1, -0.05) is 54.6 Å². The quantitative estimate of drug-likeness (QED) is 0.360. The van der Waals surface area contributed by atoms with Crippen LogP contribution in [-0.4, -0.2) is 47.0 Å². The maximum Gasteiger partial charge on any atom is 0.410 e. The van der Waals surface area contributed by atoms with E-state index in [-0.39, 0.29) is 24.1 Å². The number of likely N-dealkylation sites (tertiary alicyclic amines) is 1. The standard InChI is InChI=1S/C33H39N3O3/c1-23-20-33(27-13-8-7-9-14-27,16-17-36(23)31(38)39-32(3,4)5)21-30(37)35(6)24(2)29-19-25(22-34)18-26-12-10-11-15-28(26)29/h7-15,18-19,23-24H,16-17,20-21H2,1-6H3. The fourth-order valence-corrected chi connectivity index (χ4v) is 5.83. The van der Waals surface area contributed by atoms with Crippen LogP contribution in [0.4, 0.5) is 4.79 Å². The molecule has 3 aromatic rings. The van der Waals surface area contributed by atoms with Crippen molar-refractivity contribution in [3.05, 3.63) is 83.4 Å². The van der Waals surface area contributed by atoms with Crippen molar-refractivity contribution >= 4 is 22.8 Å². The molecule has 3 aromatic carbocycles. The minimum absolute atomic E-state index is 0.0377. The Balaban J connectivity index is 1.61. The van der Waals surface area contributed by atoms with E-state index >= 15 is 0 Å². The van der Waals surface area contributed by atoms with E-state index in [0.29, 0.717) is 31.4 Å². The summed E-state index contributed by atoms with van der Waals surface area (Å²) in [6.45, 7) is 10.2. The lowest BCUT2D eigenvalue weighted by Gasteiger charge is -2.46. The summed E-state index contributed by atoms with van der Waals surface area (Å²) in [4.78, 5) is 30.5. The van der Waals surface area contributed by atoms with Gasteiger partial charge in [0, 0.05) is 31.5 Å². The van der Waals surface area contributed by atoms with Crippen molar-refractivity contribution in [2.75, 3.05) is 13.6 Å². The average molecular weight is 526 g/mol. The Labute approximate surface area is 232 Å². The van der Waals surface area contributed by atoms with Crippen molar-refractivity contribution in [2.24, 2.45) is 0 Å². The third-order valence-electron chi connectivity index (χ3n) is 8.00. The highest BCUT2D eigenvalue weighted by Gasteiger charge is 2.44. The topological polar surface area (TPSA) is 73.6 Å². The fourth-order valence-electron chi connectivity index (χ4n) is 5.83. The molecular formula is C33H39N3O3. The highest BCUT2D eigenvalue weighted by molar-refractivity contribution is 5.88. The normalized spacial score (nSPS) is 20.2. The van der Waals surface area contributed by atoms with Crippen LogP contribution in [0.25, 0.3) is 10.8 Å². The molecule has 1 aliphatic heterocycles. The zero-order valence-electron chi connectivity index (χ0n) is 23.9. The van der Waals surface area contributed by atoms with Crippen LogP contribution in [-0.2, 0) is 14.9 Å². The van der Waals surface area contributed by atoms with Crippen LogP contribution in [0.1, 0.15) is 76.6 Å². The molecule has 4 rings (SSSR count). The SMILES string of the molecule is CC(c1cc(C#N)cc2ccccc12)N(C)C(=O)CC1(c2ccccc2)CCN(C(=O)OC(C)(C)C)C(C)C1. The van der Waals surface area contributed by atoms with Crippen molar-refractivity contribution in [3.63, 3.8) is 0 Å². The van der Waals surface area contributed by atoms with Crippen LogP contribution in [0.3, 0.4) is 0 Å². The monoisotopic (exact) mass is 525 g/mol. The van der Waals surface area contributed by atoms with Gasteiger partial charge in [0.15, 0.2) is 0 Å². The Hall–Kier alpha value is -3.85. The molecule has 6 nitrogen and oxygen atoms in total. The molecule has 3 atom stereocenters. The molecule has 39 heavy (non-hydrogen) atoms. The predicted molar refractivity (Wildman–Crippen MR) is 154 cm³/mol. The van der Waals surface area contributed by atoms with Gasteiger partial charge in [-0.15, -0.1) is 0 Å². The smallest absolute Gasteiger partial charge is 0.410 e. The fraction of sp³-hybridized carbons (Fsp3) is 0.424. The van der Waals surface area contributed by atoms with Crippen LogP contribution in [0.5, 0.6) is 0 Å². The highest BCUT2D eigenvalue weighted by atomic mass is 16.6. The summed E-state index contributed by atoms with van der Waals surface area (Å²) in [5.41, 5.74) is 1.70. The maximum atomic E-state index is 14.0. The lowest BCUT2D eigenvalue weighted by molar-refractivity contribution is -0.133. The minimum atomic E-state index is -0.563. The van der Waals surface area contributed by atoms with Gasteiger partial charge in [0.05, 0.1) is 17.7 Å². The number of hydrogen-bond donors (Lipinski definition) is 0. The van der Waals surface area contributed by atoms with Gasteiger partial charge in [-0.2, -0.15) is 5.26 Å². The number of carbonyl (C=O) groups is 2. The largest absolute Gasteiger partial charge is 0.444 e. The van der Waals surface area contributed by atoms with Gasteiger partial charge in [-0.25, -0.2) is 4.79 Å². The van der Waals surface area contributed by atoms with E-state index in [9.17, 15) is 14.9 Å². The van der Waals surface area contributed by atoms with Gasteiger partial charge in [0.2, 0.25) is 5.91 Å². The van der Waals surface area contributed by atoms with E-state index in [2.05, 4.69) is 18.2 Å². The second-order valence-electron chi connectivity index (χ2n) is 11.9. The Morgan fingerprint density at radius 2 is 1.79 bits per heavy atom. The molecule has 3 unspecified atom stereocenters. The average Bonchev–Trinajstić information content (AvgIpc) is 2.91. The van der Waals surface area contributed by atoms with Gasteiger partial charge in [0.25, 0.3) is 0 Å². The van der Waals surface area contributed by atoms with Gasteiger partial charge in [0.1, 0.15) is 5.60 Å².